The van der Waals surface area contributed by atoms with Crippen LogP contribution in [0.3, 0.4) is 0 Å². The largest absolute Gasteiger partial charge is 0.492 e. The zero-order valence-electron chi connectivity index (χ0n) is 9.11. The lowest BCUT2D eigenvalue weighted by atomic mass is 10.1. The van der Waals surface area contributed by atoms with Crippen LogP contribution in [-0.2, 0) is 0 Å². The molecule has 1 saturated heterocycles. The van der Waals surface area contributed by atoms with Crippen molar-refractivity contribution in [2.75, 3.05) is 26.2 Å². The van der Waals surface area contributed by atoms with Crippen LogP contribution >= 0.6 is 0 Å². The van der Waals surface area contributed by atoms with Gasteiger partial charge in [0.2, 0.25) is 0 Å². The van der Waals surface area contributed by atoms with Crippen LogP contribution in [-0.4, -0.2) is 31.1 Å². The number of ether oxygens (including phenoxy) is 1. The van der Waals surface area contributed by atoms with E-state index in [0.717, 1.165) is 18.9 Å². The van der Waals surface area contributed by atoms with Crippen LogP contribution in [0.2, 0.25) is 0 Å². The summed E-state index contributed by atoms with van der Waals surface area (Å²) in [5.41, 5.74) is 0. The predicted octanol–water partition coefficient (Wildman–Crippen LogP) is 2.35. The molecule has 1 aromatic carbocycles. The second-order valence-corrected chi connectivity index (χ2v) is 3.99. The summed E-state index contributed by atoms with van der Waals surface area (Å²) in [5.74, 6) is 0.950. The molecule has 1 aromatic rings. The van der Waals surface area contributed by atoms with Crippen LogP contribution in [0, 0.1) is 6.07 Å². The smallest absolute Gasteiger partial charge is 0.119 e. The summed E-state index contributed by atoms with van der Waals surface area (Å²) in [7, 11) is 0. The van der Waals surface area contributed by atoms with E-state index in [1.807, 2.05) is 24.3 Å². The van der Waals surface area contributed by atoms with Gasteiger partial charge in [-0.2, -0.15) is 0 Å². The Morgan fingerprint density at radius 3 is 2.60 bits per heavy atom. The van der Waals surface area contributed by atoms with Gasteiger partial charge in [0.1, 0.15) is 12.4 Å². The molecule has 0 spiro atoms. The molecule has 1 aliphatic heterocycles. The molecule has 1 fully saturated rings. The SMILES string of the molecule is [c]1ccc(OCCN2CCCCC2)cc1. The van der Waals surface area contributed by atoms with Gasteiger partial charge < -0.3 is 4.74 Å². The van der Waals surface area contributed by atoms with E-state index in [2.05, 4.69) is 11.0 Å². The third kappa shape index (κ3) is 3.56. The zero-order chi connectivity index (χ0) is 10.3. The van der Waals surface area contributed by atoms with E-state index in [0.29, 0.717) is 0 Å². The first-order valence-electron chi connectivity index (χ1n) is 5.76. The first-order chi connectivity index (χ1) is 7.45. The van der Waals surface area contributed by atoms with Crippen molar-refractivity contribution in [3.05, 3.63) is 30.3 Å². The highest BCUT2D eigenvalue weighted by molar-refractivity contribution is 5.20. The number of likely N-dealkylation sites (tertiary alicyclic amines) is 1. The molecule has 0 aliphatic carbocycles. The van der Waals surface area contributed by atoms with E-state index in [1.54, 1.807) is 0 Å². The third-order valence-corrected chi connectivity index (χ3v) is 2.81. The lowest BCUT2D eigenvalue weighted by Crippen LogP contribution is -2.33. The zero-order valence-corrected chi connectivity index (χ0v) is 9.11. The Hall–Kier alpha value is -1.02. The molecule has 0 bridgehead atoms. The highest BCUT2D eigenvalue weighted by Gasteiger charge is 2.09. The number of hydrogen-bond donors (Lipinski definition) is 0. The molecule has 81 valence electrons. The van der Waals surface area contributed by atoms with Gasteiger partial charge in [-0.3, -0.25) is 4.90 Å². The molecule has 0 atom stereocenters. The molecule has 0 aromatic heterocycles. The molecule has 1 radical (unpaired) electrons. The first kappa shape index (κ1) is 10.5. The fourth-order valence-electron chi connectivity index (χ4n) is 1.94. The third-order valence-electron chi connectivity index (χ3n) is 2.81. The number of rotatable bonds is 4. The Kier molecular flexibility index (Phi) is 4.03. The summed E-state index contributed by atoms with van der Waals surface area (Å²) < 4.78 is 5.65. The van der Waals surface area contributed by atoms with Gasteiger partial charge in [0.15, 0.2) is 0 Å². The van der Waals surface area contributed by atoms with E-state index >= 15 is 0 Å². The van der Waals surface area contributed by atoms with Crippen LogP contribution < -0.4 is 4.74 Å². The van der Waals surface area contributed by atoms with Crippen LogP contribution in [0.4, 0.5) is 0 Å². The second kappa shape index (κ2) is 5.76. The van der Waals surface area contributed by atoms with E-state index in [-0.39, 0.29) is 0 Å². The Bertz CT molecular complexity index is 267. The van der Waals surface area contributed by atoms with Gasteiger partial charge in [-0.05, 0) is 44.1 Å². The van der Waals surface area contributed by atoms with Gasteiger partial charge in [0, 0.05) is 6.54 Å². The van der Waals surface area contributed by atoms with Crippen LogP contribution in [0.5, 0.6) is 5.75 Å². The van der Waals surface area contributed by atoms with Gasteiger partial charge in [-0.15, -0.1) is 0 Å². The lowest BCUT2D eigenvalue weighted by molar-refractivity contribution is 0.183. The fourth-order valence-corrected chi connectivity index (χ4v) is 1.94. The maximum absolute atomic E-state index is 5.65. The molecule has 0 unspecified atom stereocenters. The number of benzene rings is 1. The summed E-state index contributed by atoms with van der Waals surface area (Å²) in [4.78, 5) is 2.48. The van der Waals surface area contributed by atoms with Gasteiger partial charge in [-0.25, -0.2) is 0 Å². The molecule has 1 aliphatic rings. The van der Waals surface area contributed by atoms with Crippen molar-refractivity contribution in [3.63, 3.8) is 0 Å². The molecule has 15 heavy (non-hydrogen) atoms. The maximum Gasteiger partial charge on any atom is 0.119 e. The van der Waals surface area contributed by atoms with Crippen molar-refractivity contribution < 1.29 is 4.74 Å². The number of hydrogen-bond acceptors (Lipinski definition) is 2. The second-order valence-electron chi connectivity index (χ2n) is 3.99. The van der Waals surface area contributed by atoms with Crippen molar-refractivity contribution >= 4 is 0 Å². The fraction of sp³-hybridized carbons (Fsp3) is 0.538. The Morgan fingerprint density at radius 1 is 1.13 bits per heavy atom. The van der Waals surface area contributed by atoms with Crippen molar-refractivity contribution in [1.82, 2.24) is 4.90 Å². The predicted molar refractivity (Wildman–Crippen MR) is 61.1 cm³/mol. The van der Waals surface area contributed by atoms with Crippen molar-refractivity contribution in [2.24, 2.45) is 0 Å². The Labute approximate surface area is 91.9 Å². The van der Waals surface area contributed by atoms with E-state index < -0.39 is 0 Å². The minimum absolute atomic E-state index is 0.796. The van der Waals surface area contributed by atoms with Gasteiger partial charge in [0.05, 0.1) is 0 Å². The van der Waals surface area contributed by atoms with Gasteiger partial charge in [-0.1, -0.05) is 18.6 Å². The standard InChI is InChI=1S/C13H18NO/c1-3-7-13(8-4-1)15-12-11-14-9-5-2-6-10-14/h3-4,7-8H,2,5-6,9-12H2. The molecule has 2 heteroatoms. The quantitative estimate of drug-likeness (QED) is 0.746. The lowest BCUT2D eigenvalue weighted by Gasteiger charge is -2.26. The summed E-state index contributed by atoms with van der Waals surface area (Å²) in [6.07, 6.45) is 4.09. The average molecular weight is 204 g/mol. The normalized spacial score (nSPS) is 17.6. The van der Waals surface area contributed by atoms with Crippen molar-refractivity contribution in [3.8, 4) is 5.75 Å². The molecule has 2 rings (SSSR count). The average Bonchev–Trinajstić information content (AvgIpc) is 2.32. The van der Waals surface area contributed by atoms with Gasteiger partial charge in [0.25, 0.3) is 0 Å². The highest BCUT2D eigenvalue weighted by atomic mass is 16.5. The summed E-state index contributed by atoms with van der Waals surface area (Å²) in [6, 6.07) is 10.7. The van der Waals surface area contributed by atoms with Crippen LogP contribution in [0.25, 0.3) is 0 Å². The molecule has 1 heterocycles. The van der Waals surface area contributed by atoms with E-state index in [4.69, 9.17) is 4.74 Å². The molecule has 2 nitrogen and oxygen atoms in total. The minimum atomic E-state index is 0.796. The topological polar surface area (TPSA) is 12.5 Å². The van der Waals surface area contributed by atoms with Crippen molar-refractivity contribution in [2.45, 2.75) is 19.3 Å². The molecule has 0 N–H and O–H groups in total. The molecule has 0 saturated carbocycles. The number of nitrogens with zero attached hydrogens (tertiary/aromatic N) is 1. The van der Waals surface area contributed by atoms with Gasteiger partial charge >= 0.3 is 0 Å². The molecular formula is C13H18NO. The van der Waals surface area contributed by atoms with Crippen LogP contribution in [0.15, 0.2) is 24.3 Å². The highest BCUT2D eigenvalue weighted by Crippen LogP contribution is 2.10. The maximum atomic E-state index is 5.65. The molecular weight excluding hydrogens is 186 g/mol. The van der Waals surface area contributed by atoms with Crippen LogP contribution in [0.1, 0.15) is 19.3 Å². The Balaban J connectivity index is 1.66. The van der Waals surface area contributed by atoms with E-state index in [9.17, 15) is 0 Å². The van der Waals surface area contributed by atoms with Crippen molar-refractivity contribution in [1.29, 1.82) is 0 Å². The molecule has 0 amide bonds. The summed E-state index contributed by atoms with van der Waals surface area (Å²) in [6.45, 7) is 4.33. The summed E-state index contributed by atoms with van der Waals surface area (Å²) >= 11 is 0. The number of piperidine rings is 1. The monoisotopic (exact) mass is 204 g/mol. The van der Waals surface area contributed by atoms with E-state index in [1.165, 1.54) is 32.4 Å². The minimum Gasteiger partial charge on any atom is -0.492 e. The summed E-state index contributed by atoms with van der Waals surface area (Å²) in [5, 5.41) is 0. The Morgan fingerprint density at radius 2 is 1.87 bits per heavy atom. The first-order valence-corrected chi connectivity index (χ1v) is 5.76.